The van der Waals surface area contributed by atoms with Crippen LogP contribution in [-0.4, -0.2) is 21.3 Å². The number of aromatic amines is 2. The third-order valence-electron chi connectivity index (χ3n) is 1.74. The summed E-state index contributed by atoms with van der Waals surface area (Å²) in [4.78, 5) is 22.0. The van der Waals surface area contributed by atoms with Gasteiger partial charge < -0.3 is 5.73 Å². The first kappa shape index (κ1) is 8.79. The van der Waals surface area contributed by atoms with E-state index >= 15 is 0 Å². The lowest BCUT2D eigenvalue weighted by Gasteiger charge is -2.07. The molecule has 0 saturated heterocycles. The zero-order valence-electron chi connectivity index (χ0n) is 6.83. The first-order valence-electron chi connectivity index (χ1n) is 3.76. The summed E-state index contributed by atoms with van der Waals surface area (Å²) < 4.78 is 1.12. The maximum absolute atomic E-state index is 11.0. The van der Waals surface area contributed by atoms with Crippen molar-refractivity contribution in [1.82, 2.24) is 14.8 Å². The van der Waals surface area contributed by atoms with E-state index in [4.69, 9.17) is 5.73 Å². The molecular weight excluding hydrogens is 160 g/mol. The maximum Gasteiger partial charge on any atom is 0.344 e. The van der Waals surface area contributed by atoms with Gasteiger partial charge >= 0.3 is 11.4 Å². The van der Waals surface area contributed by atoms with Gasteiger partial charge in [0.1, 0.15) is 0 Å². The Hall–Kier alpha value is -1.30. The minimum Gasteiger partial charge on any atom is -0.330 e. The molecular formula is C6H12N4O2. The smallest absolute Gasteiger partial charge is 0.330 e. The Bertz CT molecular complexity index is 319. The molecule has 0 aliphatic rings. The van der Waals surface area contributed by atoms with Gasteiger partial charge in [-0.25, -0.2) is 24.4 Å². The maximum atomic E-state index is 11.0. The minimum absolute atomic E-state index is 0.155. The Labute approximate surface area is 68.4 Å². The van der Waals surface area contributed by atoms with Crippen LogP contribution >= 0.6 is 0 Å². The van der Waals surface area contributed by atoms with E-state index in [9.17, 15) is 9.59 Å². The van der Waals surface area contributed by atoms with Crippen LogP contribution < -0.4 is 17.1 Å². The quantitative estimate of drug-likeness (QED) is 0.532. The lowest BCUT2D eigenvalue weighted by Crippen LogP contribution is -2.30. The molecule has 1 atom stereocenters. The molecule has 1 aromatic heterocycles. The fourth-order valence-corrected chi connectivity index (χ4v) is 1.09. The van der Waals surface area contributed by atoms with Crippen molar-refractivity contribution in [2.75, 3.05) is 6.54 Å². The van der Waals surface area contributed by atoms with E-state index in [1.807, 2.05) is 0 Å². The van der Waals surface area contributed by atoms with E-state index < -0.39 is 11.4 Å². The third-order valence-corrected chi connectivity index (χ3v) is 1.74. The summed E-state index contributed by atoms with van der Waals surface area (Å²) in [5.74, 6) is 0. The molecule has 1 heterocycles. The molecule has 0 spiro atoms. The molecule has 0 aliphatic heterocycles. The minimum atomic E-state index is -0.416. The fourth-order valence-electron chi connectivity index (χ4n) is 1.09. The first-order valence-corrected chi connectivity index (χ1v) is 3.76. The summed E-state index contributed by atoms with van der Waals surface area (Å²) >= 11 is 0. The van der Waals surface area contributed by atoms with Crippen LogP contribution in [0.4, 0.5) is 0 Å². The Morgan fingerprint density at radius 1 is 1.42 bits per heavy atom. The van der Waals surface area contributed by atoms with Crippen molar-refractivity contribution in [2.24, 2.45) is 5.73 Å². The molecule has 0 aliphatic carbocycles. The lowest BCUT2D eigenvalue weighted by molar-refractivity contribution is 0.487. The summed E-state index contributed by atoms with van der Waals surface area (Å²) in [5.41, 5.74) is 4.47. The number of nitrogens with one attached hydrogen (secondary N) is 2. The van der Waals surface area contributed by atoms with E-state index in [-0.39, 0.29) is 6.04 Å². The number of nitrogens with two attached hydrogens (primary N) is 1. The van der Waals surface area contributed by atoms with E-state index in [1.54, 1.807) is 6.92 Å². The normalized spacial score (nSPS) is 13.2. The van der Waals surface area contributed by atoms with Crippen molar-refractivity contribution < 1.29 is 0 Å². The second-order valence-electron chi connectivity index (χ2n) is 2.66. The van der Waals surface area contributed by atoms with E-state index in [0.717, 1.165) is 4.57 Å². The van der Waals surface area contributed by atoms with Crippen molar-refractivity contribution in [3.05, 3.63) is 21.0 Å². The largest absolute Gasteiger partial charge is 0.344 e. The van der Waals surface area contributed by atoms with Gasteiger partial charge in [-0.2, -0.15) is 0 Å². The van der Waals surface area contributed by atoms with Crippen molar-refractivity contribution in [2.45, 2.75) is 19.4 Å². The van der Waals surface area contributed by atoms with Gasteiger partial charge in [0.15, 0.2) is 0 Å². The summed E-state index contributed by atoms with van der Waals surface area (Å²) in [7, 11) is 0. The van der Waals surface area contributed by atoms with Crippen LogP contribution in [-0.2, 0) is 0 Å². The van der Waals surface area contributed by atoms with Crippen molar-refractivity contribution in [3.63, 3.8) is 0 Å². The highest BCUT2D eigenvalue weighted by Gasteiger charge is 2.09. The van der Waals surface area contributed by atoms with Crippen molar-refractivity contribution >= 4 is 0 Å². The summed E-state index contributed by atoms with van der Waals surface area (Å²) in [5, 5.41) is 4.41. The molecule has 0 saturated carbocycles. The van der Waals surface area contributed by atoms with Crippen LogP contribution in [0.25, 0.3) is 0 Å². The molecule has 0 amide bonds. The SMILES string of the molecule is CC(CCN)n1c(=O)[nH][nH]c1=O. The van der Waals surface area contributed by atoms with E-state index in [2.05, 4.69) is 10.2 Å². The highest BCUT2D eigenvalue weighted by Crippen LogP contribution is 2.01. The van der Waals surface area contributed by atoms with Gasteiger partial charge in [-0.3, -0.25) is 0 Å². The molecule has 0 aromatic carbocycles. The monoisotopic (exact) mass is 172 g/mol. The molecule has 6 heteroatoms. The topological polar surface area (TPSA) is 96.7 Å². The van der Waals surface area contributed by atoms with Gasteiger partial charge in [-0.05, 0) is 19.9 Å². The highest BCUT2D eigenvalue weighted by atomic mass is 16.2. The average Bonchev–Trinajstić information content (AvgIpc) is 2.32. The number of nitrogens with zero attached hydrogens (tertiary/aromatic N) is 1. The third kappa shape index (κ3) is 1.48. The first-order chi connectivity index (χ1) is 5.66. The number of hydrogen-bond acceptors (Lipinski definition) is 3. The van der Waals surface area contributed by atoms with Crippen LogP contribution in [0.5, 0.6) is 0 Å². The van der Waals surface area contributed by atoms with Gasteiger partial charge in [0.25, 0.3) is 0 Å². The lowest BCUT2D eigenvalue weighted by atomic mass is 10.2. The molecule has 0 fully saturated rings. The molecule has 1 aromatic rings. The van der Waals surface area contributed by atoms with Crippen LogP contribution in [0.3, 0.4) is 0 Å². The van der Waals surface area contributed by atoms with Crippen LogP contribution in [0.15, 0.2) is 9.59 Å². The zero-order valence-corrected chi connectivity index (χ0v) is 6.83. The molecule has 4 N–H and O–H groups in total. The predicted octanol–water partition coefficient (Wildman–Crippen LogP) is -1.23. The van der Waals surface area contributed by atoms with Gasteiger partial charge in [0.05, 0.1) is 0 Å². The second kappa shape index (κ2) is 3.40. The summed E-state index contributed by atoms with van der Waals surface area (Å²) in [6.07, 6.45) is 0.612. The molecule has 12 heavy (non-hydrogen) atoms. The van der Waals surface area contributed by atoms with Gasteiger partial charge in [0.2, 0.25) is 0 Å². The molecule has 1 unspecified atom stereocenters. The molecule has 68 valence electrons. The number of aromatic nitrogens is 3. The Morgan fingerprint density at radius 2 is 1.92 bits per heavy atom. The molecule has 0 bridgehead atoms. The molecule has 6 nitrogen and oxygen atoms in total. The van der Waals surface area contributed by atoms with E-state index in [0.29, 0.717) is 13.0 Å². The average molecular weight is 172 g/mol. The summed E-state index contributed by atoms with van der Waals surface area (Å²) in [6.45, 7) is 2.23. The predicted molar refractivity (Wildman–Crippen MR) is 44.1 cm³/mol. The molecule has 0 radical (unpaired) electrons. The summed E-state index contributed by atoms with van der Waals surface area (Å²) in [6, 6.07) is -0.155. The number of H-pyrrole nitrogens is 2. The van der Waals surface area contributed by atoms with Crippen molar-refractivity contribution in [1.29, 1.82) is 0 Å². The van der Waals surface area contributed by atoms with Gasteiger partial charge in [0, 0.05) is 6.04 Å². The number of hydrogen-bond donors (Lipinski definition) is 3. The Morgan fingerprint density at radius 3 is 2.33 bits per heavy atom. The van der Waals surface area contributed by atoms with Crippen LogP contribution in [0, 0.1) is 0 Å². The highest BCUT2D eigenvalue weighted by molar-refractivity contribution is 4.72. The fraction of sp³-hybridized carbons (Fsp3) is 0.667. The molecule has 1 rings (SSSR count). The van der Waals surface area contributed by atoms with Crippen molar-refractivity contribution in [3.8, 4) is 0 Å². The number of rotatable bonds is 3. The van der Waals surface area contributed by atoms with Crippen LogP contribution in [0.1, 0.15) is 19.4 Å². The van der Waals surface area contributed by atoms with Gasteiger partial charge in [-0.1, -0.05) is 0 Å². The van der Waals surface area contributed by atoms with Gasteiger partial charge in [-0.15, -0.1) is 0 Å². The van der Waals surface area contributed by atoms with Crippen LogP contribution in [0.2, 0.25) is 0 Å². The Kier molecular flexibility index (Phi) is 2.49. The van der Waals surface area contributed by atoms with E-state index in [1.165, 1.54) is 0 Å². The standard InChI is InChI=1S/C6H12N4O2/c1-4(2-3-7)10-5(11)8-9-6(10)12/h4H,2-3,7H2,1H3,(H,8,11)(H,9,12). The Balaban J connectivity index is 3.01. The zero-order chi connectivity index (χ0) is 9.14. The second-order valence-corrected chi connectivity index (χ2v) is 2.66.